The molecule has 0 aliphatic rings. The summed E-state index contributed by atoms with van der Waals surface area (Å²) >= 11 is 0. The summed E-state index contributed by atoms with van der Waals surface area (Å²) in [6.45, 7) is 3.27. The van der Waals surface area contributed by atoms with E-state index in [1.807, 2.05) is 26.0 Å². The molecule has 0 heterocycles. The molecule has 0 saturated carbocycles. The average molecular weight is 421 g/mol. The minimum atomic E-state index is -3.88. The number of nitrogens with one attached hydrogen (secondary N) is 3. The first kappa shape index (κ1) is 22.2. The van der Waals surface area contributed by atoms with Crippen molar-refractivity contribution in [3.8, 4) is 11.5 Å². The number of para-hydroxylation sites is 1. The number of hydrazine groups is 1. The van der Waals surface area contributed by atoms with E-state index in [0.717, 1.165) is 5.56 Å². The molecular formula is C19H23N3O6S. The third-order valence-corrected chi connectivity index (χ3v) is 5.08. The maximum Gasteiger partial charge on any atom is 0.276 e. The van der Waals surface area contributed by atoms with Crippen LogP contribution in [-0.4, -0.2) is 40.0 Å². The van der Waals surface area contributed by atoms with Gasteiger partial charge in [0.15, 0.2) is 6.61 Å². The van der Waals surface area contributed by atoms with E-state index in [9.17, 15) is 18.0 Å². The summed E-state index contributed by atoms with van der Waals surface area (Å²) in [6.07, 6.45) is 0. The quantitative estimate of drug-likeness (QED) is 0.517. The molecule has 0 fully saturated rings. The maximum atomic E-state index is 12.2. The lowest BCUT2D eigenvalue weighted by Gasteiger charge is -2.11. The predicted octanol–water partition coefficient (Wildman–Crippen LogP) is 0.898. The largest absolute Gasteiger partial charge is 0.494 e. The third kappa shape index (κ3) is 7.09. The normalized spacial score (nSPS) is 10.8. The Balaban J connectivity index is 1.75. The fraction of sp³-hybridized carbons (Fsp3) is 0.263. The van der Waals surface area contributed by atoms with Crippen molar-refractivity contribution in [1.82, 2.24) is 15.6 Å². The molecule has 2 rings (SSSR count). The Morgan fingerprint density at radius 3 is 2.24 bits per heavy atom. The fourth-order valence-electron chi connectivity index (χ4n) is 2.21. The van der Waals surface area contributed by atoms with Crippen molar-refractivity contribution < 1.29 is 27.5 Å². The lowest BCUT2D eigenvalue weighted by Crippen LogP contribution is -2.47. The third-order valence-electron chi connectivity index (χ3n) is 3.66. The first-order chi connectivity index (χ1) is 13.8. The number of rotatable bonds is 9. The van der Waals surface area contributed by atoms with Crippen LogP contribution in [0.2, 0.25) is 0 Å². The Kier molecular flexibility index (Phi) is 7.98. The molecular weight excluding hydrogens is 398 g/mol. The van der Waals surface area contributed by atoms with E-state index in [1.54, 1.807) is 12.1 Å². The van der Waals surface area contributed by atoms with Crippen LogP contribution in [-0.2, 0) is 19.6 Å². The molecule has 2 aromatic rings. The standard InChI is InChI=1S/C19H23N3O6S/c1-3-27-15-8-10-16(11-9-15)29(25,26)20-12-18(23)21-22-19(24)13-28-17-7-5-4-6-14(17)2/h4-11,20H,3,12-13H2,1-2H3,(H,21,23)(H,22,24). The number of amides is 2. The maximum absolute atomic E-state index is 12.2. The van der Waals surface area contributed by atoms with Gasteiger partial charge in [0.1, 0.15) is 11.5 Å². The van der Waals surface area contributed by atoms with E-state index in [4.69, 9.17) is 9.47 Å². The summed E-state index contributed by atoms with van der Waals surface area (Å²) in [5, 5.41) is 0. The summed E-state index contributed by atoms with van der Waals surface area (Å²) in [5.74, 6) is -0.225. The summed E-state index contributed by atoms with van der Waals surface area (Å²) in [7, 11) is -3.88. The number of ether oxygens (including phenoxy) is 2. The number of carbonyl (C=O) groups is 2. The van der Waals surface area contributed by atoms with E-state index >= 15 is 0 Å². The molecule has 0 atom stereocenters. The first-order valence-corrected chi connectivity index (χ1v) is 10.3. The van der Waals surface area contributed by atoms with E-state index in [1.165, 1.54) is 24.3 Å². The zero-order chi connectivity index (χ0) is 21.3. The summed E-state index contributed by atoms with van der Waals surface area (Å²) < 4.78 is 37.1. The molecule has 0 aliphatic heterocycles. The van der Waals surface area contributed by atoms with Crippen molar-refractivity contribution in [2.24, 2.45) is 0 Å². The number of hydrogen-bond donors (Lipinski definition) is 3. The lowest BCUT2D eigenvalue weighted by molar-refractivity contribution is -0.129. The van der Waals surface area contributed by atoms with Crippen LogP contribution < -0.4 is 25.0 Å². The van der Waals surface area contributed by atoms with E-state index in [2.05, 4.69) is 15.6 Å². The average Bonchev–Trinajstić information content (AvgIpc) is 2.71. The Morgan fingerprint density at radius 1 is 0.931 bits per heavy atom. The van der Waals surface area contributed by atoms with Gasteiger partial charge in [-0.1, -0.05) is 18.2 Å². The van der Waals surface area contributed by atoms with Gasteiger partial charge in [-0.15, -0.1) is 0 Å². The molecule has 156 valence electrons. The van der Waals surface area contributed by atoms with Crippen molar-refractivity contribution in [2.45, 2.75) is 18.7 Å². The number of aryl methyl sites for hydroxylation is 1. The van der Waals surface area contributed by atoms with Crippen molar-refractivity contribution in [1.29, 1.82) is 0 Å². The summed E-state index contributed by atoms with van der Waals surface area (Å²) in [6, 6.07) is 13.0. The van der Waals surface area contributed by atoms with Gasteiger partial charge in [0.05, 0.1) is 18.0 Å². The second kappa shape index (κ2) is 10.4. The highest BCUT2D eigenvalue weighted by molar-refractivity contribution is 7.89. The predicted molar refractivity (Wildman–Crippen MR) is 106 cm³/mol. The summed E-state index contributed by atoms with van der Waals surface area (Å²) in [4.78, 5) is 23.5. The van der Waals surface area contributed by atoms with Crippen LogP contribution in [0, 0.1) is 6.92 Å². The van der Waals surface area contributed by atoms with Crippen LogP contribution in [0.15, 0.2) is 53.4 Å². The topological polar surface area (TPSA) is 123 Å². The highest BCUT2D eigenvalue weighted by Gasteiger charge is 2.16. The van der Waals surface area contributed by atoms with Crippen molar-refractivity contribution in [3.63, 3.8) is 0 Å². The molecule has 29 heavy (non-hydrogen) atoms. The van der Waals surface area contributed by atoms with Gasteiger partial charge in [-0.25, -0.2) is 13.1 Å². The lowest BCUT2D eigenvalue weighted by atomic mass is 10.2. The highest BCUT2D eigenvalue weighted by atomic mass is 32.2. The Labute approximate surface area is 169 Å². The van der Waals surface area contributed by atoms with Gasteiger partial charge >= 0.3 is 0 Å². The van der Waals surface area contributed by atoms with E-state index < -0.39 is 28.4 Å². The van der Waals surface area contributed by atoms with Gasteiger partial charge in [-0.2, -0.15) is 0 Å². The zero-order valence-electron chi connectivity index (χ0n) is 16.1. The molecule has 0 aliphatic carbocycles. The molecule has 2 amide bonds. The van der Waals surface area contributed by atoms with Crippen LogP contribution in [0.4, 0.5) is 0 Å². The van der Waals surface area contributed by atoms with Gasteiger partial charge in [0, 0.05) is 0 Å². The second-order valence-electron chi connectivity index (χ2n) is 5.88. The molecule has 3 N–H and O–H groups in total. The second-order valence-corrected chi connectivity index (χ2v) is 7.65. The molecule has 2 aromatic carbocycles. The minimum Gasteiger partial charge on any atom is -0.494 e. The zero-order valence-corrected chi connectivity index (χ0v) is 16.9. The van der Waals surface area contributed by atoms with E-state index in [-0.39, 0.29) is 11.5 Å². The van der Waals surface area contributed by atoms with Crippen LogP contribution >= 0.6 is 0 Å². The van der Waals surface area contributed by atoms with Gasteiger partial charge in [-0.05, 0) is 49.7 Å². The first-order valence-electron chi connectivity index (χ1n) is 8.80. The van der Waals surface area contributed by atoms with Crippen LogP contribution in [0.3, 0.4) is 0 Å². The Morgan fingerprint density at radius 2 is 1.59 bits per heavy atom. The molecule has 0 spiro atoms. The van der Waals surface area contributed by atoms with E-state index in [0.29, 0.717) is 18.1 Å². The van der Waals surface area contributed by atoms with Gasteiger partial charge in [0.25, 0.3) is 11.8 Å². The number of carbonyl (C=O) groups excluding carboxylic acids is 2. The molecule has 9 nitrogen and oxygen atoms in total. The number of sulfonamides is 1. The Bertz CT molecular complexity index is 945. The number of benzene rings is 2. The Hall–Kier alpha value is -3.11. The van der Waals surface area contributed by atoms with Crippen LogP contribution in [0.5, 0.6) is 11.5 Å². The summed E-state index contributed by atoms with van der Waals surface area (Å²) in [5.41, 5.74) is 5.14. The fourth-order valence-corrected chi connectivity index (χ4v) is 3.19. The van der Waals surface area contributed by atoms with Crippen molar-refractivity contribution in [2.75, 3.05) is 19.8 Å². The number of hydrogen-bond acceptors (Lipinski definition) is 6. The molecule has 0 bridgehead atoms. The van der Waals surface area contributed by atoms with Crippen molar-refractivity contribution in [3.05, 3.63) is 54.1 Å². The molecule has 0 radical (unpaired) electrons. The molecule has 0 unspecified atom stereocenters. The van der Waals surface area contributed by atoms with Crippen LogP contribution in [0.1, 0.15) is 12.5 Å². The highest BCUT2D eigenvalue weighted by Crippen LogP contribution is 2.16. The van der Waals surface area contributed by atoms with Crippen LogP contribution in [0.25, 0.3) is 0 Å². The van der Waals surface area contributed by atoms with Gasteiger partial charge in [0.2, 0.25) is 10.0 Å². The van der Waals surface area contributed by atoms with Gasteiger partial charge in [-0.3, -0.25) is 20.4 Å². The monoisotopic (exact) mass is 421 g/mol. The van der Waals surface area contributed by atoms with Gasteiger partial charge < -0.3 is 9.47 Å². The minimum absolute atomic E-state index is 0.00980. The molecule has 0 aromatic heterocycles. The smallest absolute Gasteiger partial charge is 0.276 e. The molecule has 0 saturated heterocycles. The van der Waals surface area contributed by atoms with Crippen molar-refractivity contribution >= 4 is 21.8 Å². The SMILES string of the molecule is CCOc1ccc(S(=O)(=O)NCC(=O)NNC(=O)COc2ccccc2C)cc1. The molecule has 10 heteroatoms.